The number of morpholine rings is 1. The van der Waals surface area contributed by atoms with Gasteiger partial charge in [0.05, 0.1) is 18.8 Å². The van der Waals surface area contributed by atoms with Crippen molar-refractivity contribution >= 4 is 11.6 Å². The first-order valence-corrected chi connectivity index (χ1v) is 6.94. The van der Waals surface area contributed by atoms with Gasteiger partial charge < -0.3 is 10.5 Å². The zero-order valence-corrected chi connectivity index (χ0v) is 12.0. The first-order valence-electron chi connectivity index (χ1n) is 6.57. The average molecular weight is 287 g/mol. The summed E-state index contributed by atoms with van der Waals surface area (Å²) in [6.45, 7) is 6.16. The molecule has 1 aromatic carbocycles. The van der Waals surface area contributed by atoms with Gasteiger partial charge in [0.2, 0.25) is 0 Å². The molecule has 0 radical (unpaired) electrons. The van der Waals surface area contributed by atoms with Gasteiger partial charge in [-0.3, -0.25) is 4.90 Å². The van der Waals surface area contributed by atoms with E-state index in [1.165, 1.54) is 12.1 Å². The lowest BCUT2D eigenvalue weighted by molar-refractivity contribution is -0.0789. The van der Waals surface area contributed by atoms with Crippen LogP contribution in [0.4, 0.5) is 4.39 Å². The maximum atomic E-state index is 13.2. The number of nitrogens with two attached hydrogens (primary N) is 1. The monoisotopic (exact) mass is 286 g/mol. The molecule has 2 unspecified atom stereocenters. The summed E-state index contributed by atoms with van der Waals surface area (Å²) in [6.07, 6.45) is -0.112. The van der Waals surface area contributed by atoms with Crippen molar-refractivity contribution in [3.05, 3.63) is 34.6 Å². The number of ether oxygens (including phenoxy) is 1. The van der Waals surface area contributed by atoms with Crippen molar-refractivity contribution in [3.8, 4) is 0 Å². The lowest BCUT2D eigenvalue weighted by atomic mass is 9.96. The molecule has 0 amide bonds. The predicted molar refractivity (Wildman–Crippen MR) is 74.8 cm³/mol. The zero-order chi connectivity index (χ0) is 14.0. The minimum Gasteiger partial charge on any atom is -0.374 e. The summed E-state index contributed by atoms with van der Waals surface area (Å²) >= 11 is 6.19. The van der Waals surface area contributed by atoms with Crippen LogP contribution in [0.3, 0.4) is 0 Å². The van der Waals surface area contributed by atoms with E-state index in [1.54, 1.807) is 6.07 Å². The standard InChI is InChI=1S/C14H20ClFN2O/c1-9(2)18-5-6-19-13(8-17)14(18)11-4-3-10(16)7-12(11)15/h3-4,7,9,13-14H,5-6,8,17H2,1-2H3. The Morgan fingerprint density at radius 2 is 2.26 bits per heavy atom. The second kappa shape index (κ2) is 6.18. The van der Waals surface area contributed by atoms with Crippen LogP contribution in [0.2, 0.25) is 5.02 Å². The molecule has 1 heterocycles. The van der Waals surface area contributed by atoms with Crippen LogP contribution < -0.4 is 5.73 Å². The van der Waals surface area contributed by atoms with E-state index in [-0.39, 0.29) is 18.0 Å². The van der Waals surface area contributed by atoms with Gasteiger partial charge >= 0.3 is 0 Å². The molecule has 1 aromatic rings. The predicted octanol–water partition coefficient (Wildman–Crippen LogP) is 2.59. The molecule has 1 fully saturated rings. The van der Waals surface area contributed by atoms with Crippen molar-refractivity contribution < 1.29 is 9.13 Å². The van der Waals surface area contributed by atoms with Gasteiger partial charge in [-0.05, 0) is 31.5 Å². The topological polar surface area (TPSA) is 38.5 Å². The molecule has 5 heteroatoms. The van der Waals surface area contributed by atoms with E-state index in [9.17, 15) is 4.39 Å². The second-order valence-electron chi connectivity index (χ2n) is 5.09. The molecular formula is C14H20ClFN2O. The Morgan fingerprint density at radius 1 is 1.53 bits per heavy atom. The van der Waals surface area contributed by atoms with Crippen LogP contribution in [-0.4, -0.2) is 36.7 Å². The van der Waals surface area contributed by atoms with Gasteiger partial charge in [-0.2, -0.15) is 0 Å². The van der Waals surface area contributed by atoms with Crippen molar-refractivity contribution in [2.45, 2.75) is 32.0 Å². The van der Waals surface area contributed by atoms with E-state index < -0.39 is 0 Å². The average Bonchev–Trinajstić information content (AvgIpc) is 2.38. The van der Waals surface area contributed by atoms with Crippen molar-refractivity contribution in [1.82, 2.24) is 4.90 Å². The minimum absolute atomic E-state index is 0.0214. The normalized spacial score (nSPS) is 24.9. The Morgan fingerprint density at radius 3 is 2.84 bits per heavy atom. The highest BCUT2D eigenvalue weighted by atomic mass is 35.5. The zero-order valence-electron chi connectivity index (χ0n) is 11.3. The molecule has 0 bridgehead atoms. The van der Waals surface area contributed by atoms with E-state index in [0.29, 0.717) is 24.2 Å². The lowest BCUT2D eigenvalue weighted by Gasteiger charge is -2.43. The highest BCUT2D eigenvalue weighted by Crippen LogP contribution is 2.35. The Labute approximate surface area is 118 Å². The van der Waals surface area contributed by atoms with Crippen LogP contribution in [0.25, 0.3) is 0 Å². The number of hydrogen-bond donors (Lipinski definition) is 1. The van der Waals surface area contributed by atoms with Gasteiger partial charge in [-0.1, -0.05) is 17.7 Å². The summed E-state index contributed by atoms with van der Waals surface area (Å²) in [6, 6.07) is 4.84. The molecule has 1 saturated heterocycles. The summed E-state index contributed by atoms with van der Waals surface area (Å²) in [7, 11) is 0. The minimum atomic E-state index is -0.328. The van der Waals surface area contributed by atoms with Crippen LogP contribution >= 0.6 is 11.6 Å². The van der Waals surface area contributed by atoms with Crippen molar-refractivity contribution in [3.63, 3.8) is 0 Å². The summed E-state index contributed by atoms with van der Waals surface area (Å²) in [5, 5.41) is 0.430. The number of nitrogens with zero attached hydrogens (tertiary/aromatic N) is 1. The van der Waals surface area contributed by atoms with Crippen LogP contribution in [0.5, 0.6) is 0 Å². The van der Waals surface area contributed by atoms with E-state index in [4.69, 9.17) is 22.1 Å². The maximum absolute atomic E-state index is 13.2. The van der Waals surface area contributed by atoms with E-state index in [2.05, 4.69) is 18.7 Å². The van der Waals surface area contributed by atoms with Crippen molar-refractivity contribution in [1.29, 1.82) is 0 Å². The first-order chi connectivity index (χ1) is 9.04. The molecule has 0 spiro atoms. The molecule has 19 heavy (non-hydrogen) atoms. The molecule has 0 aromatic heterocycles. The highest BCUT2D eigenvalue weighted by Gasteiger charge is 2.35. The summed E-state index contributed by atoms with van der Waals surface area (Å²) < 4.78 is 18.9. The summed E-state index contributed by atoms with van der Waals surface area (Å²) in [5.41, 5.74) is 6.69. The van der Waals surface area contributed by atoms with Crippen molar-refractivity contribution in [2.24, 2.45) is 5.73 Å². The molecule has 0 aliphatic carbocycles. The number of hydrogen-bond acceptors (Lipinski definition) is 3. The molecular weight excluding hydrogens is 267 g/mol. The second-order valence-corrected chi connectivity index (χ2v) is 5.49. The first kappa shape index (κ1) is 14.7. The number of halogens is 2. The van der Waals surface area contributed by atoms with Crippen LogP contribution in [0.1, 0.15) is 25.5 Å². The van der Waals surface area contributed by atoms with Gasteiger partial charge in [-0.15, -0.1) is 0 Å². The third-order valence-corrected chi connectivity index (χ3v) is 3.89. The molecule has 0 saturated carbocycles. The van der Waals surface area contributed by atoms with Crippen LogP contribution in [-0.2, 0) is 4.74 Å². The van der Waals surface area contributed by atoms with Gasteiger partial charge in [0.25, 0.3) is 0 Å². The smallest absolute Gasteiger partial charge is 0.124 e. The van der Waals surface area contributed by atoms with E-state index in [1.807, 2.05) is 0 Å². The summed E-state index contributed by atoms with van der Waals surface area (Å²) in [5.74, 6) is -0.328. The Bertz CT molecular complexity index is 441. The maximum Gasteiger partial charge on any atom is 0.124 e. The molecule has 2 rings (SSSR count). The molecule has 2 N–H and O–H groups in total. The molecule has 2 atom stereocenters. The Balaban J connectivity index is 2.39. The Hall–Kier alpha value is -0.680. The Kier molecular flexibility index (Phi) is 4.79. The third-order valence-electron chi connectivity index (χ3n) is 3.57. The fourth-order valence-electron chi connectivity index (χ4n) is 2.65. The summed E-state index contributed by atoms with van der Waals surface area (Å²) in [4.78, 5) is 2.31. The van der Waals surface area contributed by atoms with E-state index >= 15 is 0 Å². The quantitative estimate of drug-likeness (QED) is 0.928. The van der Waals surface area contributed by atoms with Crippen LogP contribution in [0, 0.1) is 5.82 Å². The number of rotatable bonds is 3. The fourth-order valence-corrected chi connectivity index (χ4v) is 2.93. The SMILES string of the molecule is CC(C)N1CCOC(CN)C1c1ccc(F)cc1Cl. The lowest BCUT2D eigenvalue weighted by Crippen LogP contribution is -2.50. The van der Waals surface area contributed by atoms with Gasteiger partial charge in [0, 0.05) is 24.2 Å². The van der Waals surface area contributed by atoms with E-state index in [0.717, 1.165) is 12.1 Å². The van der Waals surface area contributed by atoms with Gasteiger partial charge in [0.15, 0.2) is 0 Å². The third kappa shape index (κ3) is 3.08. The van der Waals surface area contributed by atoms with Gasteiger partial charge in [0.1, 0.15) is 5.82 Å². The van der Waals surface area contributed by atoms with Gasteiger partial charge in [-0.25, -0.2) is 4.39 Å². The molecule has 1 aliphatic heterocycles. The van der Waals surface area contributed by atoms with Crippen molar-refractivity contribution in [2.75, 3.05) is 19.7 Å². The largest absolute Gasteiger partial charge is 0.374 e. The molecule has 3 nitrogen and oxygen atoms in total. The fraction of sp³-hybridized carbons (Fsp3) is 0.571. The number of benzene rings is 1. The highest BCUT2D eigenvalue weighted by molar-refractivity contribution is 6.31. The van der Waals surface area contributed by atoms with Crippen LogP contribution in [0.15, 0.2) is 18.2 Å². The molecule has 106 valence electrons. The molecule has 1 aliphatic rings.